The number of nitrogens with one attached hydrogen (secondary N) is 2. The van der Waals surface area contributed by atoms with Gasteiger partial charge in [0.1, 0.15) is 0 Å². The van der Waals surface area contributed by atoms with Gasteiger partial charge in [-0.2, -0.15) is 8.42 Å². The van der Waals surface area contributed by atoms with Crippen LogP contribution in [-0.2, 0) is 18.8 Å². The quantitative estimate of drug-likeness (QED) is 0.440. The molecule has 8 nitrogen and oxygen atoms in total. The zero-order chi connectivity index (χ0) is 16.6. The molecule has 0 bridgehead atoms. The summed E-state index contributed by atoms with van der Waals surface area (Å²) in [5.41, 5.74) is 8.94. The summed E-state index contributed by atoms with van der Waals surface area (Å²) >= 11 is 0. The maximum absolute atomic E-state index is 10.4. The predicted octanol–water partition coefficient (Wildman–Crippen LogP) is 0.683. The molecule has 0 aromatic heterocycles. The van der Waals surface area contributed by atoms with Crippen LogP contribution in [0.4, 0.5) is 0 Å². The van der Waals surface area contributed by atoms with Crippen molar-refractivity contribution in [3.05, 3.63) is 0 Å². The molecule has 0 aromatic rings. The van der Waals surface area contributed by atoms with Crippen molar-refractivity contribution in [2.24, 2.45) is 11.5 Å². The summed E-state index contributed by atoms with van der Waals surface area (Å²) in [5.74, 6) is -0.333. The Morgan fingerprint density at radius 1 is 1.00 bits per heavy atom. The second-order valence-electron chi connectivity index (χ2n) is 4.19. The fraction of sp³-hybridized carbons (Fsp3) is 0.917. The Morgan fingerprint density at radius 3 is 1.67 bits per heavy atom. The smallest absolute Gasteiger partial charge is 0.370 e. The maximum Gasteiger partial charge on any atom is 0.399 e. The molecule has 0 amide bonds. The van der Waals surface area contributed by atoms with Crippen molar-refractivity contribution >= 4 is 16.4 Å². The van der Waals surface area contributed by atoms with Crippen molar-refractivity contribution in [2.45, 2.75) is 46.0 Å². The fourth-order valence-corrected chi connectivity index (χ4v) is 2.12. The highest BCUT2D eigenvalue weighted by molar-refractivity contribution is 7.81. The summed E-state index contributed by atoms with van der Waals surface area (Å²) in [5, 5.41) is 9.44. The van der Waals surface area contributed by atoms with E-state index in [0.717, 1.165) is 0 Å². The molecule has 1 aliphatic heterocycles. The molecule has 21 heavy (non-hydrogen) atoms. The number of nitrogens with two attached hydrogens (primary N) is 2. The highest BCUT2D eigenvalue weighted by Crippen LogP contribution is 2.03. The minimum atomic E-state index is -3.68. The van der Waals surface area contributed by atoms with Crippen LogP contribution in [0.3, 0.4) is 0 Å². The van der Waals surface area contributed by atoms with Gasteiger partial charge in [-0.15, -0.1) is 0 Å². The van der Waals surface area contributed by atoms with E-state index in [1.165, 1.54) is 45.2 Å². The molecule has 1 rings (SSSR count). The molecule has 0 unspecified atom stereocenters. The molecule has 1 aliphatic rings. The van der Waals surface area contributed by atoms with Gasteiger partial charge in [-0.25, -0.2) is 8.37 Å². The second kappa shape index (κ2) is 15.5. The van der Waals surface area contributed by atoms with Crippen molar-refractivity contribution < 1.29 is 16.8 Å². The Balaban J connectivity index is 0. The molecule has 9 heteroatoms. The molecule has 1 fully saturated rings. The molecule has 1 heterocycles. The largest absolute Gasteiger partial charge is 0.399 e. The van der Waals surface area contributed by atoms with E-state index in [-0.39, 0.29) is 19.2 Å². The lowest BCUT2D eigenvalue weighted by Crippen LogP contribution is -2.20. The van der Waals surface area contributed by atoms with Crippen LogP contribution in [-0.4, -0.2) is 40.7 Å². The molecular formula is C12H30N4O4S. The van der Waals surface area contributed by atoms with Gasteiger partial charge in [0.15, 0.2) is 5.96 Å². The molecule has 0 saturated carbocycles. The van der Waals surface area contributed by atoms with E-state index in [1.807, 2.05) is 0 Å². The second-order valence-corrected chi connectivity index (χ2v) is 5.48. The van der Waals surface area contributed by atoms with Crippen molar-refractivity contribution in [3.8, 4) is 0 Å². The minimum absolute atomic E-state index is 0.113. The van der Waals surface area contributed by atoms with Crippen LogP contribution in [0.25, 0.3) is 0 Å². The number of hydrogen-bond donors (Lipinski definition) is 4. The molecular weight excluding hydrogens is 296 g/mol. The third-order valence-corrected chi connectivity index (χ3v) is 3.28. The Labute approximate surface area is 128 Å². The minimum Gasteiger partial charge on any atom is -0.370 e. The average Bonchev–Trinajstić information content (AvgIpc) is 2.27. The summed E-state index contributed by atoms with van der Waals surface area (Å²) in [6, 6.07) is 0. The highest BCUT2D eigenvalue weighted by atomic mass is 32.3. The van der Waals surface area contributed by atoms with Gasteiger partial charge in [0, 0.05) is 0 Å². The molecule has 0 atom stereocenters. The summed E-state index contributed by atoms with van der Waals surface area (Å²) in [7, 11) is -3.68. The molecule has 0 aliphatic carbocycles. The van der Waals surface area contributed by atoms with E-state index in [0.29, 0.717) is 0 Å². The van der Waals surface area contributed by atoms with Crippen LogP contribution < -0.4 is 16.8 Å². The summed E-state index contributed by atoms with van der Waals surface area (Å²) in [6.45, 7) is 5.89. The van der Waals surface area contributed by atoms with E-state index >= 15 is 0 Å². The van der Waals surface area contributed by atoms with Gasteiger partial charge in [-0.05, 0) is 39.8 Å². The molecule has 128 valence electrons. The first-order valence-electron chi connectivity index (χ1n) is 7.19. The Kier molecular flexibility index (Phi) is 16.5. The van der Waals surface area contributed by atoms with Gasteiger partial charge in [0.05, 0.1) is 13.2 Å². The van der Waals surface area contributed by atoms with Gasteiger partial charge in [-0.1, -0.05) is 19.3 Å². The first-order valence-corrected chi connectivity index (χ1v) is 8.53. The van der Waals surface area contributed by atoms with Crippen molar-refractivity contribution in [1.82, 2.24) is 5.32 Å². The van der Waals surface area contributed by atoms with Crippen LogP contribution >= 0.6 is 0 Å². The first kappa shape index (κ1) is 22.4. The monoisotopic (exact) mass is 326 g/mol. The Hall–Kier alpha value is -0.900. The zero-order valence-electron chi connectivity index (χ0n) is 13.1. The molecule has 6 N–H and O–H groups in total. The van der Waals surface area contributed by atoms with Crippen molar-refractivity contribution in [3.63, 3.8) is 0 Å². The molecule has 0 spiro atoms. The van der Waals surface area contributed by atoms with Crippen LogP contribution in [0.1, 0.15) is 46.0 Å². The highest BCUT2D eigenvalue weighted by Gasteiger charge is 2.06. The van der Waals surface area contributed by atoms with E-state index in [9.17, 15) is 8.42 Å². The Bertz CT molecular complexity index is 296. The van der Waals surface area contributed by atoms with Gasteiger partial charge in [0.2, 0.25) is 0 Å². The fourth-order valence-electron chi connectivity index (χ4n) is 1.48. The van der Waals surface area contributed by atoms with Gasteiger partial charge < -0.3 is 16.8 Å². The lowest BCUT2D eigenvalue weighted by atomic mass is 10.1. The maximum atomic E-state index is 10.4. The lowest BCUT2D eigenvalue weighted by Gasteiger charge is -2.08. The molecule has 0 radical (unpaired) electrons. The van der Waals surface area contributed by atoms with Crippen molar-refractivity contribution in [1.29, 1.82) is 5.41 Å². The average molecular weight is 326 g/mol. The van der Waals surface area contributed by atoms with E-state index in [4.69, 9.17) is 5.41 Å². The van der Waals surface area contributed by atoms with Crippen LogP contribution in [0.2, 0.25) is 0 Å². The summed E-state index contributed by atoms with van der Waals surface area (Å²) in [6.07, 6.45) is 7.11. The standard InChI is InChI=1S/C7H15N.C4H10O4S.CH5N3/c1-2-4-6-8-7-5-3-1;1-3-7-9(5,6)8-4-2;2-1(3)4/h8H,1-7H2;3-4H2,1-2H3;(H5,2,3,4). The van der Waals surface area contributed by atoms with Crippen LogP contribution in [0.15, 0.2) is 0 Å². The van der Waals surface area contributed by atoms with Gasteiger partial charge in [0.25, 0.3) is 0 Å². The number of rotatable bonds is 4. The molecule has 1 saturated heterocycles. The van der Waals surface area contributed by atoms with E-state index in [2.05, 4.69) is 25.2 Å². The predicted molar refractivity (Wildman–Crippen MR) is 84.2 cm³/mol. The van der Waals surface area contributed by atoms with Crippen LogP contribution in [0, 0.1) is 5.41 Å². The Morgan fingerprint density at radius 2 is 1.33 bits per heavy atom. The summed E-state index contributed by atoms with van der Waals surface area (Å²) < 4.78 is 29.2. The van der Waals surface area contributed by atoms with E-state index in [1.54, 1.807) is 13.8 Å². The topological polar surface area (TPSA) is 141 Å². The van der Waals surface area contributed by atoms with Crippen LogP contribution in [0.5, 0.6) is 0 Å². The third kappa shape index (κ3) is 24.5. The van der Waals surface area contributed by atoms with E-state index < -0.39 is 10.4 Å². The SMILES string of the molecule is C1CCCNCCC1.CCOS(=O)(=O)OCC.N=C(N)N. The number of guanidine groups is 1. The number of hydrogen-bond acceptors (Lipinski definition) is 6. The zero-order valence-corrected chi connectivity index (χ0v) is 13.9. The lowest BCUT2D eigenvalue weighted by molar-refractivity contribution is 0.231. The summed E-state index contributed by atoms with van der Waals surface area (Å²) in [4.78, 5) is 0. The third-order valence-electron chi connectivity index (χ3n) is 2.23. The van der Waals surface area contributed by atoms with Gasteiger partial charge in [-0.3, -0.25) is 5.41 Å². The normalized spacial score (nSPS) is 15.3. The molecule has 0 aromatic carbocycles. The van der Waals surface area contributed by atoms with Gasteiger partial charge >= 0.3 is 10.4 Å². The van der Waals surface area contributed by atoms with Crippen molar-refractivity contribution in [2.75, 3.05) is 26.3 Å². The first-order chi connectivity index (χ1) is 9.85.